The molecule has 26 heavy (non-hydrogen) atoms. The number of amides is 2. The van der Waals surface area contributed by atoms with Gasteiger partial charge in [-0.2, -0.15) is 0 Å². The van der Waals surface area contributed by atoms with Gasteiger partial charge in [0.05, 0.1) is 6.10 Å². The molecule has 1 atom stereocenters. The van der Waals surface area contributed by atoms with Gasteiger partial charge >= 0.3 is 6.03 Å². The molecular weight excluding hydrogens is 346 g/mol. The maximum absolute atomic E-state index is 12.6. The predicted octanol–water partition coefficient (Wildman–Crippen LogP) is 3.08. The summed E-state index contributed by atoms with van der Waals surface area (Å²) in [5.41, 5.74) is 0.341. The average Bonchev–Trinajstić information content (AvgIpc) is 3.08. The van der Waals surface area contributed by atoms with Crippen molar-refractivity contribution in [3.05, 3.63) is 22.4 Å². The molecule has 0 unspecified atom stereocenters. The van der Waals surface area contributed by atoms with Gasteiger partial charge in [0.2, 0.25) is 0 Å². The lowest BCUT2D eigenvalue weighted by atomic mass is 9.90. The van der Waals surface area contributed by atoms with Crippen molar-refractivity contribution in [2.75, 3.05) is 39.3 Å². The second-order valence-corrected chi connectivity index (χ2v) is 9.41. The normalized spacial score (nSPS) is 24.6. The number of nitrogens with one attached hydrogen (secondary N) is 1. The summed E-state index contributed by atoms with van der Waals surface area (Å²) in [6, 6.07) is 4.08. The molecule has 4 rings (SSSR count). The Balaban J connectivity index is 1.20. The molecule has 144 valence electrons. The molecule has 2 amide bonds. The monoisotopic (exact) mass is 377 g/mol. The highest BCUT2D eigenvalue weighted by molar-refractivity contribution is 7.10. The number of carbonyl (C=O) groups excluding carboxylic acids is 1. The van der Waals surface area contributed by atoms with Gasteiger partial charge in [0.25, 0.3) is 0 Å². The number of hydrogen-bond donors (Lipinski definition) is 2. The van der Waals surface area contributed by atoms with E-state index >= 15 is 0 Å². The van der Waals surface area contributed by atoms with Crippen molar-refractivity contribution in [1.29, 1.82) is 0 Å². The maximum atomic E-state index is 12.6. The smallest absolute Gasteiger partial charge is 0.317 e. The number of aliphatic hydroxyl groups excluding tert-OH is 1. The molecule has 0 spiro atoms. The molecule has 0 aromatic carbocycles. The van der Waals surface area contributed by atoms with E-state index in [4.69, 9.17) is 0 Å². The minimum atomic E-state index is -0.379. The van der Waals surface area contributed by atoms with E-state index in [1.807, 2.05) is 22.4 Å². The first-order chi connectivity index (χ1) is 12.7. The van der Waals surface area contributed by atoms with Crippen molar-refractivity contribution < 1.29 is 9.90 Å². The van der Waals surface area contributed by atoms with E-state index in [1.165, 1.54) is 38.8 Å². The molecule has 3 heterocycles. The molecule has 6 heteroatoms. The number of nitrogens with zero attached hydrogens (tertiary/aromatic N) is 2. The molecule has 1 aliphatic carbocycles. The van der Waals surface area contributed by atoms with Gasteiger partial charge in [0.15, 0.2) is 0 Å². The molecule has 5 nitrogen and oxygen atoms in total. The largest absolute Gasteiger partial charge is 0.387 e. The summed E-state index contributed by atoms with van der Waals surface area (Å²) >= 11 is 1.62. The molecule has 3 fully saturated rings. The number of likely N-dealkylation sites (tertiary alicyclic amines) is 2. The van der Waals surface area contributed by atoms with Crippen molar-refractivity contribution in [2.45, 2.75) is 44.6 Å². The Morgan fingerprint density at radius 3 is 2.62 bits per heavy atom. The summed E-state index contributed by atoms with van der Waals surface area (Å²) in [6.07, 6.45) is 6.54. The van der Waals surface area contributed by atoms with Crippen molar-refractivity contribution in [3.8, 4) is 0 Å². The summed E-state index contributed by atoms with van der Waals surface area (Å²) < 4.78 is 0. The Kier molecular flexibility index (Phi) is 5.53. The molecule has 3 aliphatic rings. The molecule has 2 N–H and O–H groups in total. The third-order valence-electron chi connectivity index (χ3n) is 6.44. The van der Waals surface area contributed by atoms with Crippen LogP contribution in [0.4, 0.5) is 4.79 Å². The van der Waals surface area contributed by atoms with Gasteiger partial charge in [-0.3, -0.25) is 0 Å². The molecule has 1 aromatic heterocycles. The van der Waals surface area contributed by atoms with Gasteiger partial charge in [-0.05, 0) is 69.0 Å². The molecule has 0 radical (unpaired) electrons. The third-order valence-corrected chi connectivity index (χ3v) is 7.38. The highest BCUT2D eigenvalue weighted by Crippen LogP contribution is 2.46. The van der Waals surface area contributed by atoms with Crippen molar-refractivity contribution in [1.82, 2.24) is 15.1 Å². The Morgan fingerprint density at radius 2 is 2.00 bits per heavy atom. The standard InChI is InChI=1S/C20H31N3O2S/c24-18(17-4-3-13-26-17)16-5-11-23(12-6-16)19(25)21-14-20(7-8-20)15-22-9-1-2-10-22/h3-4,13,16,18,24H,1-2,5-12,14-15H2,(H,21,25)/t18-/m1/s1. The zero-order valence-corrected chi connectivity index (χ0v) is 16.3. The van der Waals surface area contributed by atoms with Gasteiger partial charge in [-0.25, -0.2) is 4.79 Å². The Morgan fingerprint density at radius 1 is 1.27 bits per heavy atom. The summed E-state index contributed by atoms with van der Waals surface area (Å²) in [7, 11) is 0. The van der Waals surface area contributed by atoms with Gasteiger partial charge in [0.1, 0.15) is 0 Å². The quantitative estimate of drug-likeness (QED) is 0.801. The second kappa shape index (κ2) is 7.87. The summed E-state index contributed by atoms with van der Waals surface area (Å²) in [6.45, 7) is 5.93. The fraction of sp³-hybridized carbons (Fsp3) is 0.750. The summed E-state index contributed by atoms with van der Waals surface area (Å²) in [4.78, 5) is 18.1. The van der Waals surface area contributed by atoms with E-state index in [9.17, 15) is 9.90 Å². The maximum Gasteiger partial charge on any atom is 0.317 e. The topological polar surface area (TPSA) is 55.8 Å². The highest BCUT2D eigenvalue weighted by Gasteiger charge is 2.44. The average molecular weight is 378 g/mol. The van der Waals surface area contributed by atoms with E-state index in [1.54, 1.807) is 11.3 Å². The van der Waals surface area contributed by atoms with Crippen LogP contribution in [0.2, 0.25) is 0 Å². The van der Waals surface area contributed by atoms with Crippen LogP contribution in [0.15, 0.2) is 17.5 Å². The van der Waals surface area contributed by atoms with E-state index in [0.29, 0.717) is 5.41 Å². The summed E-state index contributed by atoms with van der Waals surface area (Å²) in [5, 5.41) is 15.7. The van der Waals surface area contributed by atoms with Gasteiger partial charge in [-0.15, -0.1) is 11.3 Å². The Labute approximate surface area is 160 Å². The molecule has 1 saturated carbocycles. The third kappa shape index (κ3) is 4.24. The molecule has 2 saturated heterocycles. The minimum Gasteiger partial charge on any atom is -0.387 e. The number of aliphatic hydroxyl groups is 1. The first kappa shape index (κ1) is 18.3. The molecule has 0 bridgehead atoms. The highest BCUT2D eigenvalue weighted by atomic mass is 32.1. The van der Waals surface area contributed by atoms with Crippen LogP contribution in [0.5, 0.6) is 0 Å². The van der Waals surface area contributed by atoms with Crippen molar-refractivity contribution >= 4 is 17.4 Å². The SMILES string of the molecule is O=C(NCC1(CN2CCCC2)CC1)N1CCC([C@@H](O)c2cccs2)CC1. The van der Waals surface area contributed by atoms with Crippen LogP contribution in [-0.2, 0) is 0 Å². The Bertz CT molecular complexity index is 588. The van der Waals surface area contributed by atoms with Crippen LogP contribution in [0.1, 0.15) is 49.5 Å². The zero-order valence-electron chi connectivity index (χ0n) is 15.5. The van der Waals surface area contributed by atoms with Crippen LogP contribution in [0, 0.1) is 11.3 Å². The zero-order chi connectivity index (χ0) is 18.0. The fourth-order valence-corrected chi connectivity index (χ4v) is 5.27. The number of urea groups is 1. The van der Waals surface area contributed by atoms with Crippen molar-refractivity contribution in [2.24, 2.45) is 11.3 Å². The van der Waals surface area contributed by atoms with Crippen LogP contribution in [0.25, 0.3) is 0 Å². The second-order valence-electron chi connectivity index (χ2n) is 8.43. The number of hydrogen-bond acceptors (Lipinski definition) is 4. The van der Waals surface area contributed by atoms with Gasteiger partial charge in [0, 0.05) is 36.5 Å². The van der Waals surface area contributed by atoms with Crippen molar-refractivity contribution in [3.63, 3.8) is 0 Å². The van der Waals surface area contributed by atoms with E-state index < -0.39 is 0 Å². The first-order valence-electron chi connectivity index (χ1n) is 10.1. The lowest BCUT2D eigenvalue weighted by molar-refractivity contribution is 0.0687. The van der Waals surface area contributed by atoms with Crippen LogP contribution >= 0.6 is 11.3 Å². The molecule has 2 aliphatic heterocycles. The van der Waals surface area contributed by atoms with Gasteiger partial charge < -0.3 is 20.2 Å². The Hall–Kier alpha value is -1.11. The number of piperidine rings is 1. The van der Waals surface area contributed by atoms with Crippen LogP contribution in [0.3, 0.4) is 0 Å². The lowest BCUT2D eigenvalue weighted by Crippen LogP contribution is -2.47. The minimum absolute atomic E-state index is 0.0850. The first-order valence-corrected chi connectivity index (χ1v) is 11.0. The number of thiophene rings is 1. The number of carbonyl (C=O) groups is 1. The molecular formula is C20H31N3O2S. The van der Waals surface area contributed by atoms with Gasteiger partial charge in [-0.1, -0.05) is 6.07 Å². The lowest BCUT2D eigenvalue weighted by Gasteiger charge is -2.34. The van der Waals surface area contributed by atoms with Crippen LogP contribution in [-0.4, -0.2) is 60.2 Å². The molecule has 1 aromatic rings. The van der Waals surface area contributed by atoms with Crippen LogP contribution < -0.4 is 5.32 Å². The van der Waals surface area contributed by atoms with E-state index in [-0.39, 0.29) is 18.1 Å². The van der Waals surface area contributed by atoms with E-state index in [2.05, 4.69) is 10.2 Å². The fourth-order valence-electron chi connectivity index (χ4n) is 4.47. The van der Waals surface area contributed by atoms with E-state index in [0.717, 1.165) is 43.9 Å². The number of rotatable bonds is 6. The predicted molar refractivity (Wildman–Crippen MR) is 104 cm³/mol. The summed E-state index contributed by atoms with van der Waals surface area (Å²) in [5.74, 6) is 0.266.